The average molecular weight is 241 g/mol. The van der Waals surface area contributed by atoms with Crippen LogP contribution in [-0.4, -0.2) is 30.8 Å². The van der Waals surface area contributed by atoms with E-state index in [1.54, 1.807) is 19.2 Å². The maximum atomic E-state index is 11.6. The number of furan rings is 1. The molecule has 96 valence electrons. The minimum absolute atomic E-state index is 0.267. The van der Waals surface area contributed by atoms with Crippen LogP contribution in [0.4, 0.5) is 0 Å². The van der Waals surface area contributed by atoms with Gasteiger partial charge >= 0.3 is 0 Å². The molecule has 5 nitrogen and oxygen atoms in total. The van der Waals surface area contributed by atoms with Gasteiger partial charge in [-0.1, -0.05) is 6.92 Å². The van der Waals surface area contributed by atoms with Gasteiger partial charge in [-0.3, -0.25) is 4.79 Å². The Balaban J connectivity index is 2.36. The van der Waals surface area contributed by atoms with Crippen LogP contribution >= 0.6 is 0 Å². The number of aliphatic hydroxyl groups excluding tert-OH is 1. The third-order valence-corrected chi connectivity index (χ3v) is 2.41. The summed E-state index contributed by atoms with van der Waals surface area (Å²) in [6.07, 6.45) is 0.874. The predicted octanol–water partition coefficient (Wildman–Crippen LogP) is 1.32. The van der Waals surface area contributed by atoms with Crippen molar-refractivity contribution >= 4 is 5.91 Å². The Morgan fingerprint density at radius 3 is 3.00 bits per heavy atom. The van der Waals surface area contributed by atoms with Gasteiger partial charge in [-0.15, -0.1) is 0 Å². The molecule has 1 unspecified atom stereocenters. The summed E-state index contributed by atoms with van der Waals surface area (Å²) in [5.41, 5.74) is 0. The summed E-state index contributed by atoms with van der Waals surface area (Å²) in [6, 6.07) is 3.32. The quantitative estimate of drug-likeness (QED) is 0.755. The van der Waals surface area contributed by atoms with Gasteiger partial charge in [0.1, 0.15) is 12.4 Å². The molecule has 5 heteroatoms. The second-order valence-electron chi connectivity index (χ2n) is 3.81. The molecule has 0 bridgehead atoms. The van der Waals surface area contributed by atoms with E-state index in [0.717, 1.165) is 0 Å². The van der Waals surface area contributed by atoms with E-state index >= 15 is 0 Å². The second kappa shape index (κ2) is 7.09. The number of nitrogens with one attached hydrogen (secondary N) is 1. The van der Waals surface area contributed by atoms with Gasteiger partial charge in [-0.25, -0.2) is 0 Å². The Hall–Kier alpha value is -1.33. The van der Waals surface area contributed by atoms with Gasteiger partial charge < -0.3 is 19.6 Å². The molecule has 2 N–H and O–H groups in total. The lowest BCUT2D eigenvalue weighted by Gasteiger charge is -2.07. The van der Waals surface area contributed by atoms with Crippen molar-refractivity contribution in [2.75, 3.05) is 13.7 Å². The van der Waals surface area contributed by atoms with Crippen LogP contribution in [0.15, 0.2) is 16.5 Å². The highest BCUT2D eigenvalue weighted by Crippen LogP contribution is 2.08. The zero-order valence-corrected chi connectivity index (χ0v) is 10.2. The van der Waals surface area contributed by atoms with Crippen molar-refractivity contribution in [2.24, 2.45) is 0 Å². The largest absolute Gasteiger partial charge is 0.453 e. The molecular formula is C12H19NO4. The Morgan fingerprint density at radius 1 is 1.59 bits per heavy atom. The van der Waals surface area contributed by atoms with Crippen molar-refractivity contribution in [3.63, 3.8) is 0 Å². The molecule has 17 heavy (non-hydrogen) atoms. The summed E-state index contributed by atoms with van der Waals surface area (Å²) >= 11 is 0. The first-order valence-corrected chi connectivity index (χ1v) is 5.71. The zero-order chi connectivity index (χ0) is 12.7. The Kier molecular flexibility index (Phi) is 5.72. The van der Waals surface area contributed by atoms with Crippen molar-refractivity contribution in [2.45, 2.75) is 32.5 Å². The van der Waals surface area contributed by atoms with Crippen molar-refractivity contribution < 1.29 is 19.1 Å². The third-order valence-electron chi connectivity index (χ3n) is 2.41. The molecule has 0 aliphatic carbocycles. The number of carbonyl (C=O) groups excluding carboxylic acids is 1. The number of hydrogen-bond donors (Lipinski definition) is 2. The first-order valence-electron chi connectivity index (χ1n) is 5.71. The number of aliphatic hydroxyl groups is 1. The highest BCUT2D eigenvalue weighted by molar-refractivity contribution is 5.91. The molecule has 1 aromatic rings. The number of methoxy groups -OCH3 is 1. The van der Waals surface area contributed by atoms with Crippen LogP contribution in [-0.2, 0) is 11.3 Å². The lowest BCUT2D eigenvalue weighted by molar-refractivity contribution is 0.0906. The van der Waals surface area contributed by atoms with Crippen LogP contribution < -0.4 is 5.32 Å². The molecule has 0 spiro atoms. The Labute approximate surface area is 101 Å². The topological polar surface area (TPSA) is 71.7 Å². The summed E-state index contributed by atoms with van der Waals surface area (Å²) < 4.78 is 10.2. The summed E-state index contributed by atoms with van der Waals surface area (Å²) in [5, 5.41) is 12.0. The van der Waals surface area contributed by atoms with Crippen molar-refractivity contribution in [1.29, 1.82) is 0 Å². The van der Waals surface area contributed by atoms with Gasteiger partial charge in [0.2, 0.25) is 0 Å². The molecule has 0 saturated carbocycles. The smallest absolute Gasteiger partial charge is 0.286 e. The number of hydrogen-bond acceptors (Lipinski definition) is 4. The number of amides is 1. The molecule has 1 aromatic heterocycles. The van der Waals surface area contributed by atoms with E-state index in [9.17, 15) is 9.90 Å². The van der Waals surface area contributed by atoms with Crippen molar-refractivity contribution in [3.05, 3.63) is 23.7 Å². The van der Waals surface area contributed by atoms with Crippen molar-refractivity contribution in [3.8, 4) is 0 Å². The minimum Gasteiger partial charge on any atom is -0.453 e. The molecule has 0 saturated heterocycles. The summed E-state index contributed by atoms with van der Waals surface area (Å²) in [5.74, 6) is 0.616. The maximum absolute atomic E-state index is 11.6. The number of ether oxygens (including phenoxy) is 1. The van der Waals surface area contributed by atoms with E-state index in [1.807, 2.05) is 6.92 Å². The molecular weight excluding hydrogens is 222 g/mol. The van der Waals surface area contributed by atoms with Crippen LogP contribution in [0.1, 0.15) is 36.1 Å². The van der Waals surface area contributed by atoms with Crippen LogP contribution in [0, 0.1) is 0 Å². The third kappa shape index (κ3) is 4.58. The van der Waals surface area contributed by atoms with Crippen LogP contribution in [0.2, 0.25) is 0 Å². The fourth-order valence-electron chi connectivity index (χ4n) is 1.36. The fourth-order valence-corrected chi connectivity index (χ4v) is 1.36. The van der Waals surface area contributed by atoms with E-state index in [4.69, 9.17) is 9.15 Å². The SMILES string of the molecule is CCC(O)CCNC(=O)c1ccc(COC)o1. The van der Waals surface area contributed by atoms with Gasteiger partial charge in [0.25, 0.3) is 5.91 Å². The van der Waals surface area contributed by atoms with Gasteiger partial charge in [-0.2, -0.15) is 0 Å². The first-order chi connectivity index (χ1) is 8.17. The van der Waals surface area contributed by atoms with Crippen LogP contribution in [0.3, 0.4) is 0 Å². The molecule has 0 aliphatic rings. The average Bonchev–Trinajstić information content (AvgIpc) is 2.78. The lowest BCUT2D eigenvalue weighted by Crippen LogP contribution is -2.26. The second-order valence-corrected chi connectivity index (χ2v) is 3.81. The zero-order valence-electron chi connectivity index (χ0n) is 10.2. The monoisotopic (exact) mass is 241 g/mol. The summed E-state index contributed by atoms with van der Waals surface area (Å²) in [7, 11) is 1.56. The van der Waals surface area contributed by atoms with E-state index in [2.05, 4.69) is 5.32 Å². The predicted molar refractivity (Wildman–Crippen MR) is 62.7 cm³/mol. The van der Waals surface area contributed by atoms with Gasteiger partial charge in [0.05, 0.1) is 6.10 Å². The summed E-state index contributed by atoms with van der Waals surface area (Å²) in [4.78, 5) is 11.6. The van der Waals surface area contributed by atoms with E-state index in [0.29, 0.717) is 31.8 Å². The van der Waals surface area contributed by atoms with E-state index in [-0.39, 0.29) is 17.8 Å². The Morgan fingerprint density at radius 2 is 2.35 bits per heavy atom. The lowest BCUT2D eigenvalue weighted by atomic mass is 10.2. The summed E-state index contributed by atoms with van der Waals surface area (Å²) in [6.45, 7) is 2.69. The first kappa shape index (κ1) is 13.7. The van der Waals surface area contributed by atoms with Gasteiger partial charge in [0.15, 0.2) is 5.76 Å². The fraction of sp³-hybridized carbons (Fsp3) is 0.583. The highest BCUT2D eigenvalue weighted by atomic mass is 16.5. The van der Waals surface area contributed by atoms with E-state index < -0.39 is 0 Å². The van der Waals surface area contributed by atoms with Gasteiger partial charge in [-0.05, 0) is 25.0 Å². The number of rotatable bonds is 7. The molecule has 0 radical (unpaired) electrons. The molecule has 0 fully saturated rings. The van der Waals surface area contributed by atoms with Crippen LogP contribution in [0.5, 0.6) is 0 Å². The Bertz CT molecular complexity index is 348. The number of carbonyl (C=O) groups is 1. The molecule has 1 heterocycles. The standard InChI is InChI=1S/C12H19NO4/c1-3-9(14)6-7-13-12(15)11-5-4-10(17-11)8-16-2/h4-5,9,14H,3,6-8H2,1-2H3,(H,13,15). The molecule has 0 aliphatic heterocycles. The molecule has 1 rings (SSSR count). The molecule has 1 atom stereocenters. The minimum atomic E-state index is -0.365. The maximum Gasteiger partial charge on any atom is 0.286 e. The molecule has 1 amide bonds. The normalized spacial score (nSPS) is 12.4. The van der Waals surface area contributed by atoms with Gasteiger partial charge in [0, 0.05) is 13.7 Å². The van der Waals surface area contributed by atoms with E-state index in [1.165, 1.54) is 0 Å². The molecule has 0 aromatic carbocycles. The highest BCUT2D eigenvalue weighted by Gasteiger charge is 2.11. The van der Waals surface area contributed by atoms with Crippen LogP contribution in [0.25, 0.3) is 0 Å². The van der Waals surface area contributed by atoms with Crippen molar-refractivity contribution in [1.82, 2.24) is 5.32 Å².